The van der Waals surface area contributed by atoms with Crippen molar-refractivity contribution in [2.75, 3.05) is 33.0 Å². The minimum Gasteiger partial charge on any atom is -0.394 e. The molecule has 10 rings (SSSR count). The highest BCUT2D eigenvalue weighted by atomic mass is 16.8. The maximum absolute atomic E-state index is 12.7. The van der Waals surface area contributed by atoms with Crippen molar-refractivity contribution in [1.82, 2.24) is 0 Å². The molecule has 0 bridgehead atoms. The van der Waals surface area contributed by atoms with Gasteiger partial charge in [-0.2, -0.15) is 0 Å². The van der Waals surface area contributed by atoms with E-state index in [4.69, 9.17) is 47.4 Å². The van der Waals surface area contributed by atoms with Crippen LogP contribution in [-0.4, -0.2) is 297 Å². The molecule has 0 aromatic carbocycles. The Hall–Kier alpha value is -1.38. The first-order valence-electron chi connectivity index (χ1n) is 31.4. The number of allylic oxidation sites excluding steroid dienone is 2. The second-order valence-electron chi connectivity index (χ2n) is 29.3. The van der Waals surface area contributed by atoms with Gasteiger partial charge in [-0.1, -0.05) is 67.5 Å². The molecule has 0 spiro atoms. The van der Waals surface area contributed by atoms with E-state index in [1.54, 1.807) is 0 Å². The van der Waals surface area contributed by atoms with Gasteiger partial charge in [-0.15, -0.1) is 0 Å². The summed E-state index contributed by atoms with van der Waals surface area (Å²) in [5.41, 5.74) is -2.51. The van der Waals surface area contributed by atoms with Gasteiger partial charge in [0.25, 0.3) is 0 Å². The molecule has 5 aliphatic heterocycles. The molecule has 18 N–H and O–H groups in total. The molecule has 9 fully saturated rings. The number of hydrogen-bond donors (Lipinski definition) is 18. The third-order valence-corrected chi connectivity index (χ3v) is 23.8. The molecular weight excluding hydrogens is 1180 g/mol. The summed E-state index contributed by atoms with van der Waals surface area (Å²) in [5, 5.41) is 196. The van der Waals surface area contributed by atoms with Crippen LogP contribution in [0, 0.1) is 50.2 Å². The Morgan fingerprint density at radius 1 is 0.472 bits per heavy atom. The summed E-state index contributed by atoms with van der Waals surface area (Å²) in [6.45, 7) is 13.7. The minimum absolute atomic E-state index is 0. The van der Waals surface area contributed by atoms with Crippen molar-refractivity contribution in [2.24, 2.45) is 50.2 Å². The highest BCUT2D eigenvalue weighted by Gasteiger charge is 2.71. The second-order valence-corrected chi connectivity index (χ2v) is 29.3. The van der Waals surface area contributed by atoms with Gasteiger partial charge in [-0.05, 0) is 103 Å². The lowest BCUT2D eigenvalue weighted by atomic mass is 9.33. The Bertz CT molecular complexity index is 2400. The van der Waals surface area contributed by atoms with Crippen LogP contribution in [0.2, 0.25) is 0 Å². The zero-order valence-electron chi connectivity index (χ0n) is 51.3. The molecule has 13 unspecified atom stereocenters. The van der Waals surface area contributed by atoms with E-state index in [-0.39, 0.29) is 36.7 Å². The van der Waals surface area contributed by atoms with E-state index < -0.39 is 226 Å². The fourth-order valence-electron chi connectivity index (χ4n) is 18.0. The molecule has 28 heteroatoms. The van der Waals surface area contributed by atoms with Crippen LogP contribution < -0.4 is 0 Å². The van der Waals surface area contributed by atoms with Crippen molar-refractivity contribution in [3.8, 4) is 0 Å². The summed E-state index contributed by atoms with van der Waals surface area (Å²) in [5.74, 6) is -0.207. The van der Waals surface area contributed by atoms with Gasteiger partial charge < -0.3 is 139 Å². The SMILES string of the molecule is C.CC1O[C@@H](OC2[C@H](OC[C@@]34CC[C@]5(C)C(=CCC6[C@@]7(C)CC[C@H](O[C@@H]8OC(CO[C@@H]9OC(CO)[C@@H](O)[C@@H](O)C9O)[C@@H](O)[C@@H](O)C8O)C(C)(C)C7CC[C@]65C)C3CC(C)(C)[C@@H](O)[C@@H]4O)OC(CO[C@@H]3OC(CO)[C@@H](O)[C@@H](O)C3O)[C@@H](O)[C@H]2O)C(O)[C@@H](O)[C@H]1O. The lowest BCUT2D eigenvalue weighted by molar-refractivity contribution is -0.374. The third kappa shape index (κ3) is 12.1. The summed E-state index contributed by atoms with van der Waals surface area (Å²) in [6, 6.07) is 0. The molecule has 0 radical (unpaired) electrons. The number of aliphatic hydroxyl groups is 18. The Morgan fingerprint density at radius 2 is 0.955 bits per heavy atom. The largest absolute Gasteiger partial charge is 0.394 e. The first kappa shape index (κ1) is 71.9. The van der Waals surface area contributed by atoms with E-state index in [2.05, 4.69) is 40.7 Å². The van der Waals surface area contributed by atoms with Crippen molar-refractivity contribution in [2.45, 2.75) is 286 Å². The van der Waals surface area contributed by atoms with Gasteiger partial charge in [0.05, 0.1) is 57.5 Å². The maximum atomic E-state index is 12.7. The van der Waals surface area contributed by atoms with Crippen LogP contribution >= 0.6 is 0 Å². The molecule has 89 heavy (non-hydrogen) atoms. The standard InChI is InChI=1S/C60H100O28.CH4/c1-23-33(63)38(68)45(75)52(82-23)88-47-42(72)37(67)29(21-80-51-44(74)40(70)35(65)27(19-62)84-51)86-54(47)81-22-60-16-15-58(7)24(25(60)17-55(2,3)48(77)49(60)78)9-10-31-57(6)13-12-32(56(4,5)30(57)11-14-59(31,58)8)87-53-46(76)41(71)36(66)28(85-53)20-79-50-43(73)39(69)34(64)26(18-61)83-50;/h9,23,25-54,61-78H,10-22H2,1-8H3;1H4/t23?,25?,26?,27?,28?,29?,30?,31?,32-,33-,34+,35+,36+,37+,38-,39+,40+,41+,42+,43?,44?,45?,46?,47?,48-,49-,50+,51+,52-,53-,54+,57-,58+,59+,60-;/m0./s1. The van der Waals surface area contributed by atoms with Gasteiger partial charge in [0.15, 0.2) is 31.5 Å². The predicted molar refractivity (Wildman–Crippen MR) is 303 cm³/mol. The van der Waals surface area contributed by atoms with Crippen molar-refractivity contribution in [3.63, 3.8) is 0 Å². The van der Waals surface area contributed by atoms with E-state index in [1.165, 1.54) is 6.92 Å². The number of aliphatic hydroxyl groups excluding tert-OH is 18. The van der Waals surface area contributed by atoms with Gasteiger partial charge in [0.1, 0.15) is 116 Å². The fourth-order valence-corrected chi connectivity index (χ4v) is 18.0. The van der Waals surface area contributed by atoms with Crippen molar-refractivity contribution < 1.29 is 139 Å². The first-order valence-corrected chi connectivity index (χ1v) is 31.4. The van der Waals surface area contributed by atoms with Crippen LogP contribution in [0.1, 0.15) is 114 Å². The summed E-state index contributed by atoms with van der Waals surface area (Å²) < 4.78 is 60.2. The molecule has 28 nitrogen and oxygen atoms in total. The highest BCUT2D eigenvalue weighted by Crippen LogP contribution is 2.76. The monoisotopic (exact) mass is 1280 g/mol. The number of ether oxygens (including phenoxy) is 10. The second kappa shape index (κ2) is 26.6. The Labute approximate surface area is 518 Å². The van der Waals surface area contributed by atoms with E-state index in [9.17, 15) is 91.9 Å². The molecule has 5 heterocycles. The van der Waals surface area contributed by atoms with Crippen LogP contribution in [-0.2, 0) is 47.4 Å². The number of fused-ring (bicyclic) bond motifs is 7. The smallest absolute Gasteiger partial charge is 0.187 e. The average Bonchev–Trinajstić information content (AvgIpc) is 0.677. The summed E-state index contributed by atoms with van der Waals surface area (Å²) >= 11 is 0. The zero-order chi connectivity index (χ0) is 64.4. The lowest BCUT2D eigenvalue weighted by Crippen LogP contribution is -2.69. The number of hydrogen-bond acceptors (Lipinski definition) is 28. The van der Waals surface area contributed by atoms with Crippen LogP contribution in [0.3, 0.4) is 0 Å². The third-order valence-electron chi connectivity index (χ3n) is 23.8. The summed E-state index contributed by atoms with van der Waals surface area (Å²) in [6.07, 6.45) is -36.5. The molecule has 5 saturated heterocycles. The normalized spacial score (nSPS) is 54.7. The maximum Gasteiger partial charge on any atom is 0.187 e. The summed E-state index contributed by atoms with van der Waals surface area (Å²) in [7, 11) is 0. The molecule has 5 aliphatic carbocycles. The lowest BCUT2D eigenvalue weighted by Gasteiger charge is -2.72. The van der Waals surface area contributed by atoms with E-state index in [0.29, 0.717) is 38.5 Å². The van der Waals surface area contributed by atoms with E-state index in [0.717, 1.165) is 18.4 Å². The molecule has 35 atom stereocenters. The molecule has 516 valence electrons. The van der Waals surface area contributed by atoms with Gasteiger partial charge >= 0.3 is 0 Å². The average molecular weight is 1290 g/mol. The van der Waals surface area contributed by atoms with Crippen molar-refractivity contribution in [3.05, 3.63) is 11.6 Å². The molecule has 0 amide bonds. The van der Waals surface area contributed by atoms with Gasteiger partial charge in [0.2, 0.25) is 0 Å². The number of rotatable bonds is 15. The molecular formula is C61H104O28. The summed E-state index contributed by atoms with van der Waals surface area (Å²) in [4.78, 5) is 0. The fraction of sp³-hybridized carbons (Fsp3) is 0.967. The first-order chi connectivity index (χ1) is 41.1. The topological polar surface area (TPSA) is 456 Å². The van der Waals surface area contributed by atoms with Crippen LogP contribution in [0.4, 0.5) is 0 Å². The van der Waals surface area contributed by atoms with Crippen LogP contribution in [0.5, 0.6) is 0 Å². The quantitative estimate of drug-likeness (QED) is 0.0547. The van der Waals surface area contributed by atoms with Crippen molar-refractivity contribution in [1.29, 1.82) is 0 Å². The zero-order valence-corrected chi connectivity index (χ0v) is 51.3. The molecule has 0 aromatic rings. The predicted octanol–water partition coefficient (Wildman–Crippen LogP) is -4.13. The molecule has 4 saturated carbocycles. The van der Waals surface area contributed by atoms with Gasteiger partial charge in [-0.3, -0.25) is 0 Å². The Morgan fingerprint density at radius 3 is 1.51 bits per heavy atom. The van der Waals surface area contributed by atoms with Gasteiger partial charge in [0, 0.05) is 5.41 Å². The highest BCUT2D eigenvalue weighted by molar-refractivity contribution is 5.35. The van der Waals surface area contributed by atoms with Crippen LogP contribution in [0.25, 0.3) is 0 Å². The van der Waals surface area contributed by atoms with Crippen molar-refractivity contribution >= 4 is 0 Å². The Balaban J connectivity index is 0.00000941. The Kier molecular flexibility index (Phi) is 21.5. The van der Waals surface area contributed by atoms with E-state index >= 15 is 0 Å². The minimum atomic E-state index is -1.91. The molecule has 0 aromatic heterocycles. The van der Waals surface area contributed by atoms with Crippen LogP contribution in [0.15, 0.2) is 11.6 Å². The molecule has 10 aliphatic rings. The van der Waals surface area contributed by atoms with Gasteiger partial charge in [-0.25, -0.2) is 0 Å². The van der Waals surface area contributed by atoms with E-state index in [1.807, 2.05) is 13.8 Å².